The number of hydrogen-bond donors (Lipinski definition) is 1. The average Bonchev–Trinajstić information content (AvgIpc) is 3.66. The molecule has 1 atom stereocenters. The van der Waals surface area contributed by atoms with Gasteiger partial charge in [0.15, 0.2) is 6.23 Å². The van der Waals surface area contributed by atoms with E-state index in [1.165, 1.54) is 74.3 Å². The van der Waals surface area contributed by atoms with Crippen LogP contribution in [0, 0.1) is 0 Å². The van der Waals surface area contributed by atoms with Crippen LogP contribution in [0.25, 0.3) is 10.1 Å². The van der Waals surface area contributed by atoms with Crippen LogP contribution in [0.5, 0.6) is 0 Å². The number of ether oxygens (including phenoxy) is 1. The first-order valence-electron chi connectivity index (χ1n) is 18.3. The van der Waals surface area contributed by atoms with Crippen molar-refractivity contribution < 1.29 is 14.3 Å². The minimum absolute atomic E-state index is 0.0786. The van der Waals surface area contributed by atoms with Gasteiger partial charge in [0.1, 0.15) is 5.82 Å². The number of nitrogens with zero attached hydrogens (tertiary/aromatic N) is 4. The highest BCUT2D eigenvalue weighted by Crippen LogP contribution is 2.36. The highest BCUT2D eigenvalue weighted by atomic mass is 35.5. The van der Waals surface area contributed by atoms with Gasteiger partial charge in [-0.25, -0.2) is 4.79 Å². The summed E-state index contributed by atoms with van der Waals surface area (Å²) in [5, 5.41) is 4.74. The summed E-state index contributed by atoms with van der Waals surface area (Å²) in [7, 11) is 0. The lowest BCUT2D eigenvalue weighted by atomic mass is 10.1. The monoisotopic (exact) mass is 695 g/mol. The third kappa shape index (κ3) is 10.1. The zero-order valence-electron chi connectivity index (χ0n) is 29.0. The average molecular weight is 696 g/mol. The van der Waals surface area contributed by atoms with Gasteiger partial charge in [0.2, 0.25) is 5.91 Å². The molecule has 10 heteroatoms. The number of fused-ring (bicyclic) bond motifs is 2. The zero-order valence-corrected chi connectivity index (χ0v) is 30.6. The first-order chi connectivity index (χ1) is 23.4. The largest absolute Gasteiger partial charge is 0.425 e. The standard InChI is InChI=1S/C38H54ClN5O3S/c1-3-4-5-6-7-8-9-10-11-12-13-16-20-40-38(46)47-29(2)44-34-28-33(39)30(26-31(34)27-36(44)45)19-21-42-22-24-43(25-23-42)37-32-17-14-15-18-35(32)48-41-37/h14-15,17-18,26,28-29H,3-13,16,19-25,27H2,1-2H3,(H,40,46). The molecule has 0 aliphatic carbocycles. The van der Waals surface area contributed by atoms with E-state index in [4.69, 9.17) is 20.7 Å². The lowest BCUT2D eigenvalue weighted by Gasteiger charge is -2.35. The van der Waals surface area contributed by atoms with Crippen LogP contribution in [0.3, 0.4) is 0 Å². The van der Waals surface area contributed by atoms with Crippen LogP contribution in [0.1, 0.15) is 102 Å². The Bertz CT molecular complexity index is 1470. The Morgan fingerprint density at radius 1 is 0.958 bits per heavy atom. The van der Waals surface area contributed by atoms with Crippen LogP contribution in [0.15, 0.2) is 36.4 Å². The number of unbranched alkanes of at least 4 members (excludes halogenated alkanes) is 11. The van der Waals surface area contributed by atoms with Crippen LogP contribution >= 0.6 is 23.1 Å². The molecule has 262 valence electrons. The number of carbonyl (C=O) groups is 2. The molecular formula is C38H54ClN5O3S. The summed E-state index contributed by atoms with van der Waals surface area (Å²) in [6, 6.07) is 12.4. The van der Waals surface area contributed by atoms with Gasteiger partial charge in [-0.15, -0.1) is 0 Å². The maximum absolute atomic E-state index is 13.0. The quantitative estimate of drug-likeness (QED) is 0.126. The van der Waals surface area contributed by atoms with E-state index in [1.807, 2.05) is 6.07 Å². The Balaban J connectivity index is 0.991. The fraction of sp³-hybridized carbons (Fsp3) is 0.605. The predicted octanol–water partition coefficient (Wildman–Crippen LogP) is 8.98. The molecule has 5 rings (SSSR count). The van der Waals surface area contributed by atoms with Crippen molar-refractivity contribution >= 4 is 56.7 Å². The van der Waals surface area contributed by atoms with Crippen LogP contribution in [0.2, 0.25) is 5.02 Å². The molecule has 2 aliphatic rings. The number of rotatable bonds is 19. The Morgan fingerprint density at radius 2 is 1.62 bits per heavy atom. The minimum Gasteiger partial charge on any atom is -0.425 e. The molecule has 1 N–H and O–H groups in total. The maximum Gasteiger partial charge on any atom is 0.409 e. The molecule has 3 aromatic rings. The molecule has 1 aromatic heterocycles. The second-order valence-corrected chi connectivity index (χ2v) is 14.6. The normalized spacial score (nSPS) is 15.7. The van der Waals surface area contributed by atoms with Gasteiger partial charge < -0.3 is 15.0 Å². The number of nitrogens with one attached hydrogen (secondary N) is 1. The van der Waals surface area contributed by atoms with Crippen molar-refractivity contribution in [1.82, 2.24) is 14.6 Å². The van der Waals surface area contributed by atoms with Gasteiger partial charge in [-0.05, 0) is 60.6 Å². The van der Waals surface area contributed by atoms with Crippen molar-refractivity contribution in [2.24, 2.45) is 0 Å². The SMILES string of the molecule is CCCCCCCCCCCCCCNC(=O)OC(C)N1C(=O)Cc2cc(CCN3CCN(c4nsc5ccccc45)CC3)c(Cl)cc21. The minimum atomic E-state index is -0.714. The molecule has 1 fully saturated rings. The molecule has 48 heavy (non-hydrogen) atoms. The highest BCUT2D eigenvalue weighted by molar-refractivity contribution is 7.13. The number of anilines is 2. The molecule has 0 saturated carbocycles. The van der Waals surface area contributed by atoms with Gasteiger partial charge in [-0.1, -0.05) is 107 Å². The van der Waals surface area contributed by atoms with E-state index in [0.29, 0.717) is 11.6 Å². The summed E-state index contributed by atoms with van der Waals surface area (Å²) in [5.74, 6) is 1.02. The van der Waals surface area contributed by atoms with Crippen molar-refractivity contribution in [3.05, 3.63) is 52.5 Å². The van der Waals surface area contributed by atoms with Crippen LogP contribution in [-0.4, -0.2) is 66.8 Å². The van der Waals surface area contributed by atoms with Crippen molar-refractivity contribution in [3.8, 4) is 0 Å². The Kier molecular flexibility index (Phi) is 14.2. The first kappa shape index (κ1) is 36.4. The van der Waals surface area contributed by atoms with E-state index in [0.717, 1.165) is 74.6 Å². The Morgan fingerprint density at radius 3 is 2.33 bits per heavy atom. The number of piperazine rings is 1. The van der Waals surface area contributed by atoms with E-state index in [9.17, 15) is 9.59 Å². The number of alkyl carbamates (subject to hydrolysis) is 1. The first-order valence-corrected chi connectivity index (χ1v) is 19.5. The lowest BCUT2D eigenvalue weighted by Crippen LogP contribution is -2.47. The number of amides is 2. The molecule has 8 nitrogen and oxygen atoms in total. The molecule has 2 aliphatic heterocycles. The highest BCUT2D eigenvalue weighted by Gasteiger charge is 2.34. The van der Waals surface area contributed by atoms with E-state index in [-0.39, 0.29) is 12.3 Å². The number of halogens is 1. The van der Waals surface area contributed by atoms with Crippen molar-refractivity contribution in [3.63, 3.8) is 0 Å². The van der Waals surface area contributed by atoms with Gasteiger partial charge in [-0.2, -0.15) is 4.37 Å². The fourth-order valence-electron chi connectivity index (χ4n) is 6.97. The summed E-state index contributed by atoms with van der Waals surface area (Å²) in [6.07, 6.45) is 15.2. The van der Waals surface area contributed by atoms with Crippen molar-refractivity contribution in [2.75, 3.05) is 49.1 Å². The number of carbonyl (C=O) groups excluding carboxylic acids is 2. The predicted molar refractivity (Wildman–Crippen MR) is 200 cm³/mol. The van der Waals surface area contributed by atoms with Gasteiger partial charge >= 0.3 is 6.09 Å². The van der Waals surface area contributed by atoms with E-state index < -0.39 is 12.3 Å². The molecule has 0 radical (unpaired) electrons. The summed E-state index contributed by atoms with van der Waals surface area (Å²) < 4.78 is 11.6. The Labute approximate surface area is 296 Å². The molecule has 2 aromatic carbocycles. The lowest BCUT2D eigenvalue weighted by molar-refractivity contribution is -0.119. The fourth-order valence-corrected chi connectivity index (χ4v) is 8.01. The van der Waals surface area contributed by atoms with Crippen molar-refractivity contribution in [1.29, 1.82) is 0 Å². The van der Waals surface area contributed by atoms with E-state index in [2.05, 4.69) is 52.4 Å². The van der Waals surface area contributed by atoms with Gasteiger partial charge in [0, 0.05) is 49.7 Å². The van der Waals surface area contributed by atoms with Crippen LogP contribution in [-0.2, 0) is 22.4 Å². The molecule has 0 spiro atoms. The second kappa shape index (κ2) is 18.8. The zero-order chi connectivity index (χ0) is 33.7. The molecule has 1 unspecified atom stereocenters. The second-order valence-electron chi connectivity index (χ2n) is 13.4. The maximum atomic E-state index is 13.0. The van der Waals surface area contributed by atoms with Gasteiger partial charge in [0.25, 0.3) is 0 Å². The number of hydrogen-bond acceptors (Lipinski definition) is 7. The van der Waals surface area contributed by atoms with Crippen LogP contribution in [0.4, 0.5) is 16.3 Å². The third-order valence-corrected chi connectivity index (χ3v) is 11.0. The van der Waals surface area contributed by atoms with E-state index in [1.54, 1.807) is 23.4 Å². The molecular weight excluding hydrogens is 642 g/mol. The third-order valence-electron chi connectivity index (χ3n) is 9.79. The number of aromatic nitrogens is 1. The van der Waals surface area contributed by atoms with Crippen molar-refractivity contribution in [2.45, 2.75) is 110 Å². The summed E-state index contributed by atoms with van der Waals surface area (Å²) in [6.45, 7) is 9.32. The number of benzene rings is 2. The summed E-state index contributed by atoms with van der Waals surface area (Å²) in [4.78, 5) is 32.0. The smallest absolute Gasteiger partial charge is 0.409 e. The van der Waals surface area contributed by atoms with Gasteiger partial charge in [-0.3, -0.25) is 14.6 Å². The van der Waals surface area contributed by atoms with E-state index >= 15 is 0 Å². The van der Waals surface area contributed by atoms with Crippen LogP contribution < -0.4 is 15.1 Å². The molecule has 0 bridgehead atoms. The molecule has 3 heterocycles. The summed E-state index contributed by atoms with van der Waals surface area (Å²) in [5.41, 5.74) is 2.72. The Hall–Kier alpha value is -2.88. The van der Waals surface area contributed by atoms with Gasteiger partial charge in [0.05, 0.1) is 16.8 Å². The topological polar surface area (TPSA) is 78.0 Å². The molecule has 2 amide bonds. The summed E-state index contributed by atoms with van der Waals surface area (Å²) >= 11 is 8.34. The molecule has 1 saturated heterocycles.